The van der Waals surface area contributed by atoms with Gasteiger partial charge in [0.25, 0.3) is 5.71 Å². The molecule has 1 atom stereocenters. The van der Waals surface area contributed by atoms with Crippen LogP contribution in [0.3, 0.4) is 0 Å². The Hall–Kier alpha value is -3.10. The molecular weight excluding hydrogens is 423 g/mol. The molecule has 6 nitrogen and oxygen atoms in total. The van der Waals surface area contributed by atoms with Gasteiger partial charge in [-0.25, -0.2) is 4.98 Å². The van der Waals surface area contributed by atoms with Crippen LogP contribution >= 0.6 is 0 Å². The predicted octanol–water partition coefficient (Wildman–Crippen LogP) is 4.90. The maximum atomic E-state index is 13.7. The molecule has 1 aliphatic heterocycles. The lowest BCUT2D eigenvalue weighted by Gasteiger charge is -2.32. The topological polar surface area (TPSA) is 68.5 Å². The number of rotatable bonds is 5. The number of amides is 1. The average Bonchev–Trinajstić information content (AvgIpc) is 3.20. The Kier molecular flexibility index (Phi) is 6.08. The van der Waals surface area contributed by atoms with Crippen molar-refractivity contribution in [2.45, 2.75) is 44.7 Å². The average molecular weight is 447 g/mol. The molecule has 1 saturated heterocycles. The van der Waals surface area contributed by atoms with Crippen LogP contribution < -0.4 is 4.74 Å². The maximum Gasteiger partial charge on any atom is 0.417 e. The molecule has 0 N–H and O–H groups in total. The molecule has 32 heavy (non-hydrogen) atoms. The van der Waals surface area contributed by atoms with Gasteiger partial charge in [-0.1, -0.05) is 17.3 Å². The van der Waals surface area contributed by atoms with Crippen LogP contribution in [0.2, 0.25) is 0 Å². The van der Waals surface area contributed by atoms with Crippen LogP contribution in [0.15, 0.2) is 34.9 Å². The highest BCUT2D eigenvalue weighted by molar-refractivity contribution is 5.82. The van der Waals surface area contributed by atoms with E-state index in [1.807, 2.05) is 24.3 Å². The van der Waals surface area contributed by atoms with Gasteiger partial charge < -0.3 is 14.2 Å². The molecule has 1 aliphatic rings. The summed E-state index contributed by atoms with van der Waals surface area (Å²) < 4.78 is 51.3. The first-order valence-corrected chi connectivity index (χ1v) is 10.5. The number of piperidine rings is 1. The molecule has 0 saturated carbocycles. The lowest BCUT2D eigenvalue weighted by Crippen LogP contribution is -2.39. The first-order chi connectivity index (χ1) is 15.3. The smallest absolute Gasteiger partial charge is 0.417 e. The first-order valence-electron chi connectivity index (χ1n) is 10.5. The third kappa shape index (κ3) is 4.56. The molecule has 0 aliphatic carbocycles. The third-order valence-corrected chi connectivity index (χ3v) is 5.85. The summed E-state index contributed by atoms with van der Waals surface area (Å²) in [6.45, 7) is 2.38. The van der Waals surface area contributed by atoms with Crippen molar-refractivity contribution in [1.82, 2.24) is 15.0 Å². The van der Waals surface area contributed by atoms with Crippen molar-refractivity contribution in [3.8, 4) is 5.75 Å². The van der Waals surface area contributed by atoms with Gasteiger partial charge in [0.2, 0.25) is 5.91 Å². The van der Waals surface area contributed by atoms with Crippen LogP contribution in [0, 0.1) is 6.92 Å². The molecule has 1 fully saturated rings. The lowest BCUT2D eigenvalue weighted by atomic mass is 9.91. The number of aromatic nitrogens is 2. The minimum Gasteiger partial charge on any atom is -0.497 e. The second kappa shape index (κ2) is 8.80. The molecule has 0 unspecified atom stereocenters. The number of methoxy groups -OCH3 is 1. The number of hydrogen-bond donors (Lipinski definition) is 0. The fourth-order valence-electron chi connectivity index (χ4n) is 4.23. The van der Waals surface area contributed by atoms with Gasteiger partial charge in [0, 0.05) is 31.1 Å². The standard InChI is InChI=1S/C23H24F3N3O3/c1-14-12-18(23(24,25)26)20-21(28-32-22(20)27-14)16-4-3-11-29(13-16)19(30)10-7-15-5-8-17(31-2)9-6-15/h5-6,8-9,12,16H,3-4,7,10-11,13H2,1-2H3/t16-/m1/s1. The van der Waals surface area contributed by atoms with E-state index in [9.17, 15) is 18.0 Å². The summed E-state index contributed by atoms with van der Waals surface area (Å²) in [5.41, 5.74) is 0.555. The van der Waals surface area contributed by atoms with Gasteiger partial charge in [-0.2, -0.15) is 13.2 Å². The Balaban J connectivity index is 1.50. The number of fused-ring (bicyclic) bond motifs is 1. The fraction of sp³-hybridized carbons (Fsp3) is 0.435. The van der Waals surface area contributed by atoms with Gasteiger partial charge in [0.1, 0.15) is 5.75 Å². The van der Waals surface area contributed by atoms with E-state index in [-0.39, 0.29) is 34.3 Å². The van der Waals surface area contributed by atoms with Crippen molar-refractivity contribution in [2.75, 3.05) is 20.2 Å². The number of carbonyl (C=O) groups is 1. The van der Waals surface area contributed by atoms with E-state index in [0.717, 1.165) is 17.4 Å². The predicted molar refractivity (Wildman–Crippen MR) is 111 cm³/mol. The Morgan fingerprint density at radius 1 is 1.28 bits per heavy atom. The molecule has 1 aromatic carbocycles. The summed E-state index contributed by atoms with van der Waals surface area (Å²) in [6.07, 6.45) is -2.32. The van der Waals surface area contributed by atoms with Crippen LogP contribution in [0.4, 0.5) is 13.2 Å². The molecule has 1 amide bonds. The molecule has 3 aromatic rings. The van der Waals surface area contributed by atoms with Crippen molar-refractivity contribution in [1.29, 1.82) is 0 Å². The SMILES string of the molecule is COc1ccc(CCC(=O)N2CCC[C@@H](c3noc4nc(C)cc(C(F)(F)F)c34)C2)cc1. The number of halogens is 3. The second-order valence-corrected chi connectivity index (χ2v) is 8.08. The number of benzene rings is 1. The number of ether oxygens (including phenoxy) is 1. The minimum absolute atomic E-state index is 0.0247. The van der Waals surface area contributed by atoms with Crippen molar-refractivity contribution < 1.29 is 27.2 Å². The zero-order valence-corrected chi connectivity index (χ0v) is 17.9. The van der Waals surface area contributed by atoms with Gasteiger partial charge >= 0.3 is 6.18 Å². The van der Waals surface area contributed by atoms with Gasteiger partial charge in [-0.15, -0.1) is 0 Å². The zero-order chi connectivity index (χ0) is 22.9. The Morgan fingerprint density at radius 2 is 2.03 bits per heavy atom. The summed E-state index contributed by atoms with van der Waals surface area (Å²) in [7, 11) is 1.60. The molecule has 9 heteroatoms. The van der Waals surface area contributed by atoms with Crippen LogP contribution in [-0.4, -0.2) is 41.1 Å². The highest BCUT2D eigenvalue weighted by atomic mass is 19.4. The van der Waals surface area contributed by atoms with E-state index in [1.54, 1.807) is 12.0 Å². The van der Waals surface area contributed by atoms with E-state index in [4.69, 9.17) is 9.26 Å². The summed E-state index contributed by atoms with van der Waals surface area (Å²) in [5.74, 6) is 0.394. The number of alkyl halides is 3. The molecule has 0 radical (unpaired) electrons. The zero-order valence-electron chi connectivity index (χ0n) is 17.9. The number of carbonyl (C=O) groups excluding carboxylic acids is 1. The number of pyridine rings is 1. The monoisotopic (exact) mass is 447 g/mol. The molecule has 3 heterocycles. The van der Waals surface area contributed by atoms with Crippen LogP contribution in [0.25, 0.3) is 11.1 Å². The van der Waals surface area contributed by atoms with Gasteiger partial charge in [-0.3, -0.25) is 4.79 Å². The number of nitrogens with zero attached hydrogens (tertiary/aromatic N) is 3. The summed E-state index contributed by atoms with van der Waals surface area (Å²) >= 11 is 0. The maximum absolute atomic E-state index is 13.7. The van der Waals surface area contributed by atoms with E-state index in [0.29, 0.717) is 38.8 Å². The van der Waals surface area contributed by atoms with Crippen LogP contribution in [0.5, 0.6) is 5.75 Å². The fourth-order valence-corrected chi connectivity index (χ4v) is 4.23. The molecule has 4 rings (SSSR count). The molecule has 2 aromatic heterocycles. The van der Waals surface area contributed by atoms with Crippen LogP contribution in [-0.2, 0) is 17.4 Å². The highest BCUT2D eigenvalue weighted by Gasteiger charge is 2.38. The molecule has 0 bridgehead atoms. The Labute approximate surface area is 183 Å². The van der Waals surface area contributed by atoms with Crippen molar-refractivity contribution >= 4 is 17.0 Å². The van der Waals surface area contributed by atoms with E-state index in [1.165, 1.54) is 6.92 Å². The second-order valence-electron chi connectivity index (χ2n) is 8.08. The van der Waals surface area contributed by atoms with Crippen molar-refractivity contribution in [3.63, 3.8) is 0 Å². The summed E-state index contributed by atoms with van der Waals surface area (Å²) in [6, 6.07) is 8.55. The van der Waals surface area contributed by atoms with Crippen molar-refractivity contribution in [2.24, 2.45) is 0 Å². The van der Waals surface area contributed by atoms with E-state index < -0.39 is 11.7 Å². The lowest BCUT2D eigenvalue weighted by molar-refractivity contribution is -0.136. The highest BCUT2D eigenvalue weighted by Crippen LogP contribution is 2.40. The molecule has 0 spiro atoms. The van der Waals surface area contributed by atoms with Crippen molar-refractivity contribution in [3.05, 3.63) is 52.8 Å². The summed E-state index contributed by atoms with van der Waals surface area (Å²) in [5, 5.41) is 3.85. The number of likely N-dealkylation sites (tertiary alicyclic amines) is 1. The largest absolute Gasteiger partial charge is 0.497 e. The third-order valence-electron chi connectivity index (χ3n) is 5.85. The van der Waals surface area contributed by atoms with E-state index >= 15 is 0 Å². The quantitative estimate of drug-likeness (QED) is 0.557. The van der Waals surface area contributed by atoms with Crippen LogP contribution in [0.1, 0.15) is 47.7 Å². The first kappa shape index (κ1) is 22.1. The van der Waals surface area contributed by atoms with Gasteiger partial charge in [0.05, 0.1) is 23.8 Å². The van der Waals surface area contributed by atoms with Gasteiger partial charge in [-0.05, 0) is 49.9 Å². The number of hydrogen-bond acceptors (Lipinski definition) is 5. The van der Waals surface area contributed by atoms with E-state index in [2.05, 4.69) is 10.1 Å². The Bertz CT molecular complexity index is 1110. The minimum atomic E-state index is -4.55. The normalized spacial score (nSPS) is 17.0. The molecular formula is C23H24F3N3O3. The van der Waals surface area contributed by atoms with Gasteiger partial charge in [0.15, 0.2) is 0 Å². The summed E-state index contributed by atoms with van der Waals surface area (Å²) in [4.78, 5) is 18.6. The number of aryl methyl sites for hydroxylation is 2. The molecule has 170 valence electrons. The Morgan fingerprint density at radius 3 is 2.72 bits per heavy atom.